The Bertz CT molecular complexity index is 332. The van der Waals surface area contributed by atoms with Gasteiger partial charge >= 0.3 is 0 Å². The van der Waals surface area contributed by atoms with Crippen LogP contribution < -0.4 is 5.32 Å². The highest BCUT2D eigenvalue weighted by Gasteiger charge is 2.43. The SMILES string of the molecule is CCC1(C)NC(=O)CC(C)N(C(C)COC)C1=O. The highest BCUT2D eigenvalue weighted by molar-refractivity contribution is 5.93. The van der Waals surface area contributed by atoms with Gasteiger partial charge in [0.2, 0.25) is 11.8 Å². The summed E-state index contributed by atoms with van der Waals surface area (Å²) in [6.07, 6.45) is 0.926. The molecule has 1 heterocycles. The molecular formula is C13H24N2O3. The molecule has 1 aliphatic rings. The number of nitrogens with one attached hydrogen (secondary N) is 1. The van der Waals surface area contributed by atoms with Crippen molar-refractivity contribution in [3.8, 4) is 0 Å². The monoisotopic (exact) mass is 256 g/mol. The summed E-state index contributed by atoms with van der Waals surface area (Å²) in [5.74, 6) is -0.0831. The van der Waals surface area contributed by atoms with Crippen LogP contribution in [0, 0.1) is 0 Å². The van der Waals surface area contributed by atoms with Gasteiger partial charge in [-0.25, -0.2) is 0 Å². The third-order valence-electron chi connectivity index (χ3n) is 3.67. The molecule has 0 spiro atoms. The molecule has 2 amide bonds. The Morgan fingerprint density at radius 1 is 1.56 bits per heavy atom. The van der Waals surface area contributed by atoms with E-state index in [4.69, 9.17) is 4.74 Å². The lowest BCUT2D eigenvalue weighted by Crippen LogP contribution is -2.58. The summed E-state index contributed by atoms with van der Waals surface area (Å²) in [5, 5.41) is 2.84. The van der Waals surface area contributed by atoms with Crippen LogP contribution in [0.15, 0.2) is 0 Å². The van der Waals surface area contributed by atoms with Crippen molar-refractivity contribution in [1.82, 2.24) is 10.2 Å². The first-order chi connectivity index (χ1) is 8.35. The number of amides is 2. The maximum absolute atomic E-state index is 12.6. The second kappa shape index (κ2) is 5.69. The standard InChI is InChI=1S/C13H24N2O3/c1-6-13(4)12(17)15(10(3)8-18-5)9(2)7-11(16)14-13/h9-10H,6-8H2,1-5H3,(H,14,16). The van der Waals surface area contributed by atoms with Crippen molar-refractivity contribution in [2.24, 2.45) is 0 Å². The first-order valence-electron chi connectivity index (χ1n) is 6.48. The zero-order chi connectivity index (χ0) is 13.9. The fraction of sp³-hybridized carbons (Fsp3) is 0.846. The summed E-state index contributed by atoms with van der Waals surface area (Å²) < 4.78 is 5.12. The quantitative estimate of drug-likeness (QED) is 0.814. The Kier molecular flexibility index (Phi) is 4.73. The minimum absolute atomic E-state index is 0.0205. The van der Waals surface area contributed by atoms with E-state index >= 15 is 0 Å². The Morgan fingerprint density at radius 2 is 2.17 bits per heavy atom. The molecule has 1 saturated heterocycles. The molecule has 3 atom stereocenters. The van der Waals surface area contributed by atoms with Crippen LogP contribution in [-0.2, 0) is 14.3 Å². The normalized spacial score (nSPS) is 30.9. The van der Waals surface area contributed by atoms with E-state index in [0.717, 1.165) is 0 Å². The Labute approximate surface area is 109 Å². The number of rotatable bonds is 4. The highest BCUT2D eigenvalue weighted by atomic mass is 16.5. The molecule has 0 aromatic carbocycles. The smallest absolute Gasteiger partial charge is 0.248 e. The number of carbonyl (C=O) groups is 2. The number of nitrogens with zero attached hydrogens (tertiary/aromatic N) is 1. The first-order valence-corrected chi connectivity index (χ1v) is 6.48. The Balaban J connectivity index is 3.05. The molecule has 1 fully saturated rings. The molecule has 18 heavy (non-hydrogen) atoms. The van der Waals surface area contributed by atoms with E-state index in [1.54, 1.807) is 18.9 Å². The molecule has 5 heteroatoms. The van der Waals surface area contributed by atoms with Gasteiger partial charge in [0.1, 0.15) is 5.54 Å². The third-order valence-corrected chi connectivity index (χ3v) is 3.67. The van der Waals surface area contributed by atoms with Crippen LogP contribution in [0.1, 0.15) is 40.5 Å². The lowest BCUT2D eigenvalue weighted by Gasteiger charge is -2.37. The van der Waals surface area contributed by atoms with Crippen molar-refractivity contribution in [2.75, 3.05) is 13.7 Å². The zero-order valence-corrected chi connectivity index (χ0v) is 11.9. The first kappa shape index (κ1) is 15.0. The van der Waals surface area contributed by atoms with Gasteiger partial charge in [-0.3, -0.25) is 9.59 Å². The summed E-state index contributed by atoms with van der Waals surface area (Å²) >= 11 is 0. The molecular weight excluding hydrogens is 232 g/mol. The molecule has 0 aromatic heterocycles. The van der Waals surface area contributed by atoms with Crippen molar-refractivity contribution in [3.63, 3.8) is 0 Å². The Hall–Kier alpha value is -1.10. The fourth-order valence-electron chi connectivity index (χ4n) is 2.46. The molecule has 0 radical (unpaired) electrons. The number of carbonyl (C=O) groups excluding carboxylic acids is 2. The van der Waals surface area contributed by atoms with Crippen molar-refractivity contribution >= 4 is 11.8 Å². The minimum atomic E-state index is -0.802. The van der Waals surface area contributed by atoms with Crippen LogP contribution >= 0.6 is 0 Å². The van der Waals surface area contributed by atoms with E-state index in [1.807, 2.05) is 20.8 Å². The summed E-state index contributed by atoms with van der Waals surface area (Å²) in [7, 11) is 1.62. The maximum Gasteiger partial charge on any atom is 0.248 e. The predicted octanol–water partition coefficient (Wildman–Crippen LogP) is 0.927. The second-order valence-electron chi connectivity index (χ2n) is 5.30. The van der Waals surface area contributed by atoms with Crippen LogP contribution in [0.4, 0.5) is 0 Å². The zero-order valence-electron chi connectivity index (χ0n) is 11.9. The van der Waals surface area contributed by atoms with Gasteiger partial charge in [-0.15, -0.1) is 0 Å². The second-order valence-corrected chi connectivity index (χ2v) is 5.30. The summed E-state index contributed by atoms with van der Waals surface area (Å²) in [4.78, 5) is 26.2. The fourth-order valence-corrected chi connectivity index (χ4v) is 2.46. The summed E-state index contributed by atoms with van der Waals surface area (Å²) in [5.41, 5.74) is -0.802. The molecule has 104 valence electrons. The van der Waals surface area contributed by atoms with Gasteiger partial charge in [-0.05, 0) is 27.2 Å². The van der Waals surface area contributed by atoms with Crippen LogP contribution in [0.2, 0.25) is 0 Å². The van der Waals surface area contributed by atoms with E-state index in [1.165, 1.54) is 0 Å². The van der Waals surface area contributed by atoms with Crippen LogP contribution in [-0.4, -0.2) is 48.1 Å². The number of methoxy groups -OCH3 is 1. The molecule has 1 aliphatic heterocycles. The van der Waals surface area contributed by atoms with E-state index < -0.39 is 5.54 Å². The highest BCUT2D eigenvalue weighted by Crippen LogP contribution is 2.23. The number of hydrogen-bond donors (Lipinski definition) is 1. The van der Waals surface area contributed by atoms with Crippen LogP contribution in [0.5, 0.6) is 0 Å². The van der Waals surface area contributed by atoms with E-state index in [-0.39, 0.29) is 23.9 Å². The van der Waals surface area contributed by atoms with Crippen LogP contribution in [0.25, 0.3) is 0 Å². The minimum Gasteiger partial charge on any atom is -0.383 e. The van der Waals surface area contributed by atoms with Gasteiger partial charge in [0.05, 0.1) is 12.6 Å². The largest absolute Gasteiger partial charge is 0.383 e. The third kappa shape index (κ3) is 2.83. The number of ether oxygens (including phenoxy) is 1. The molecule has 1 N–H and O–H groups in total. The molecule has 1 rings (SSSR count). The maximum atomic E-state index is 12.6. The van der Waals surface area contributed by atoms with E-state index in [2.05, 4.69) is 5.32 Å². The molecule has 0 aliphatic carbocycles. The lowest BCUT2D eigenvalue weighted by molar-refractivity contribution is -0.142. The summed E-state index contributed by atoms with van der Waals surface area (Å²) in [6, 6.07) is -0.132. The van der Waals surface area contributed by atoms with Crippen molar-refractivity contribution < 1.29 is 14.3 Å². The van der Waals surface area contributed by atoms with E-state index in [9.17, 15) is 9.59 Å². The lowest BCUT2D eigenvalue weighted by atomic mass is 9.96. The van der Waals surface area contributed by atoms with Gasteiger partial charge in [-0.1, -0.05) is 6.92 Å². The van der Waals surface area contributed by atoms with Gasteiger partial charge in [-0.2, -0.15) is 0 Å². The molecule has 3 unspecified atom stereocenters. The van der Waals surface area contributed by atoms with Crippen molar-refractivity contribution in [2.45, 2.75) is 58.2 Å². The predicted molar refractivity (Wildman–Crippen MR) is 69.1 cm³/mol. The van der Waals surface area contributed by atoms with Crippen LogP contribution in [0.3, 0.4) is 0 Å². The van der Waals surface area contributed by atoms with Gasteiger partial charge in [0.25, 0.3) is 0 Å². The molecule has 0 aromatic rings. The summed E-state index contributed by atoms with van der Waals surface area (Å²) in [6.45, 7) is 8.03. The average Bonchev–Trinajstić information content (AvgIpc) is 2.36. The van der Waals surface area contributed by atoms with Gasteiger partial charge < -0.3 is 15.0 Å². The van der Waals surface area contributed by atoms with E-state index in [0.29, 0.717) is 19.4 Å². The molecule has 5 nitrogen and oxygen atoms in total. The van der Waals surface area contributed by atoms with Crippen molar-refractivity contribution in [1.29, 1.82) is 0 Å². The molecule has 0 bridgehead atoms. The van der Waals surface area contributed by atoms with Gasteiger partial charge in [0, 0.05) is 19.6 Å². The average molecular weight is 256 g/mol. The van der Waals surface area contributed by atoms with Gasteiger partial charge in [0.15, 0.2) is 0 Å². The number of hydrogen-bond acceptors (Lipinski definition) is 3. The Morgan fingerprint density at radius 3 is 2.67 bits per heavy atom. The molecule has 0 saturated carbocycles. The van der Waals surface area contributed by atoms with Crippen molar-refractivity contribution in [3.05, 3.63) is 0 Å². The topological polar surface area (TPSA) is 58.6 Å².